The third-order valence-electron chi connectivity index (χ3n) is 4.64. The van der Waals surface area contributed by atoms with Crippen LogP contribution in [0.3, 0.4) is 0 Å². The summed E-state index contributed by atoms with van der Waals surface area (Å²) >= 11 is 2.50. The van der Waals surface area contributed by atoms with Crippen molar-refractivity contribution in [1.82, 2.24) is 9.29 Å². The number of thiazole rings is 1. The Hall–Kier alpha value is -2.01. The van der Waals surface area contributed by atoms with E-state index in [1.54, 1.807) is 24.6 Å². The fraction of sp³-hybridized carbons (Fsp3) is 0.333. The number of nitrogens with one attached hydrogen (secondary N) is 1. The van der Waals surface area contributed by atoms with E-state index >= 15 is 0 Å². The monoisotopic (exact) mass is 437 g/mol. The SMILES string of the molecule is COc1ccc2nc(NC(=O)[C@@H]3CCCCN3S(=O)(=O)c3cccs3)sc2c1. The molecule has 0 saturated carbocycles. The van der Waals surface area contributed by atoms with E-state index in [0.29, 0.717) is 18.1 Å². The standard InChI is InChI=1S/C18H19N3O4S3/c1-25-12-7-8-13-15(11-12)27-18(19-13)20-17(22)14-5-2-3-9-21(14)28(23,24)16-6-4-10-26-16/h4,6-8,10-11,14H,2-3,5,9H2,1H3,(H,19,20,22)/t14-/m0/s1. The second-order valence-corrected chi connectivity index (χ2v) is 10.5. The van der Waals surface area contributed by atoms with E-state index in [1.807, 2.05) is 18.2 Å². The van der Waals surface area contributed by atoms with Gasteiger partial charge in [0.25, 0.3) is 10.0 Å². The fourth-order valence-corrected chi connectivity index (χ4v) is 6.93. The fourth-order valence-electron chi connectivity index (χ4n) is 3.25. The summed E-state index contributed by atoms with van der Waals surface area (Å²) in [6.45, 7) is 0.343. The molecule has 28 heavy (non-hydrogen) atoms. The van der Waals surface area contributed by atoms with Crippen LogP contribution >= 0.6 is 22.7 Å². The van der Waals surface area contributed by atoms with Crippen LogP contribution in [-0.2, 0) is 14.8 Å². The highest BCUT2D eigenvalue weighted by atomic mass is 32.2. The number of rotatable bonds is 5. The lowest BCUT2D eigenvalue weighted by Crippen LogP contribution is -2.49. The quantitative estimate of drug-likeness (QED) is 0.659. The van der Waals surface area contributed by atoms with Crippen LogP contribution in [0.1, 0.15) is 19.3 Å². The molecule has 0 bridgehead atoms. The topological polar surface area (TPSA) is 88.6 Å². The molecule has 2 aromatic heterocycles. The third kappa shape index (κ3) is 3.64. The number of piperidine rings is 1. The van der Waals surface area contributed by atoms with Gasteiger partial charge in [0.05, 0.1) is 17.3 Å². The van der Waals surface area contributed by atoms with Crippen molar-refractivity contribution >= 4 is 54.0 Å². The van der Waals surface area contributed by atoms with E-state index in [9.17, 15) is 13.2 Å². The van der Waals surface area contributed by atoms with Gasteiger partial charge in [-0.2, -0.15) is 4.31 Å². The van der Waals surface area contributed by atoms with Crippen LogP contribution in [0.5, 0.6) is 5.75 Å². The number of carbonyl (C=O) groups excluding carboxylic acids is 1. The lowest BCUT2D eigenvalue weighted by Gasteiger charge is -2.32. The van der Waals surface area contributed by atoms with Crippen LogP contribution in [0.15, 0.2) is 39.9 Å². The number of nitrogens with zero attached hydrogens (tertiary/aromatic N) is 2. The first-order valence-corrected chi connectivity index (χ1v) is 11.9. The lowest BCUT2D eigenvalue weighted by atomic mass is 10.0. The molecule has 1 aromatic carbocycles. The maximum Gasteiger partial charge on any atom is 0.253 e. The first-order chi connectivity index (χ1) is 13.5. The van der Waals surface area contributed by atoms with Gasteiger partial charge in [0.1, 0.15) is 16.0 Å². The minimum Gasteiger partial charge on any atom is -0.497 e. The van der Waals surface area contributed by atoms with Crippen molar-refractivity contribution in [2.45, 2.75) is 29.5 Å². The first-order valence-electron chi connectivity index (χ1n) is 8.80. The number of ether oxygens (including phenoxy) is 1. The molecule has 1 aliphatic rings. The van der Waals surface area contributed by atoms with Gasteiger partial charge in [-0.05, 0) is 42.5 Å². The number of sulfonamides is 1. The van der Waals surface area contributed by atoms with Gasteiger partial charge < -0.3 is 10.1 Å². The molecule has 1 fully saturated rings. The van der Waals surface area contributed by atoms with Crippen molar-refractivity contribution in [1.29, 1.82) is 0 Å². The summed E-state index contributed by atoms with van der Waals surface area (Å²) < 4.78 is 33.6. The van der Waals surface area contributed by atoms with Crippen molar-refractivity contribution in [3.63, 3.8) is 0 Å². The molecule has 1 N–H and O–H groups in total. The Morgan fingerprint density at radius 3 is 2.93 bits per heavy atom. The molecule has 1 aliphatic heterocycles. The van der Waals surface area contributed by atoms with E-state index in [2.05, 4.69) is 10.3 Å². The van der Waals surface area contributed by atoms with E-state index < -0.39 is 16.1 Å². The summed E-state index contributed by atoms with van der Waals surface area (Å²) in [6, 6.07) is 8.04. The number of amides is 1. The summed E-state index contributed by atoms with van der Waals surface area (Å²) in [5.41, 5.74) is 0.757. The number of carbonyl (C=O) groups is 1. The maximum atomic E-state index is 13.0. The summed E-state index contributed by atoms with van der Waals surface area (Å²) in [4.78, 5) is 17.3. The van der Waals surface area contributed by atoms with Crippen molar-refractivity contribution in [2.75, 3.05) is 19.0 Å². The van der Waals surface area contributed by atoms with Gasteiger partial charge in [0, 0.05) is 6.54 Å². The van der Waals surface area contributed by atoms with Gasteiger partial charge in [-0.1, -0.05) is 23.8 Å². The summed E-state index contributed by atoms with van der Waals surface area (Å²) in [6.07, 6.45) is 2.05. The van der Waals surface area contributed by atoms with Gasteiger partial charge in [-0.25, -0.2) is 13.4 Å². The van der Waals surface area contributed by atoms with Crippen LogP contribution in [0.2, 0.25) is 0 Å². The second kappa shape index (κ2) is 7.78. The van der Waals surface area contributed by atoms with Crippen molar-refractivity contribution < 1.29 is 17.9 Å². The molecule has 7 nitrogen and oxygen atoms in total. The Morgan fingerprint density at radius 1 is 1.32 bits per heavy atom. The number of anilines is 1. The number of fused-ring (bicyclic) bond motifs is 1. The van der Waals surface area contributed by atoms with E-state index in [4.69, 9.17) is 4.74 Å². The zero-order valence-electron chi connectivity index (χ0n) is 15.1. The number of thiophene rings is 1. The van der Waals surface area contributed by atoms with Gasteiger partial charge in [0.2, 0.25) is 5.91 Å². The van der Waals surface area contributed by atoms with Crippen LogP contribution in [-0.4, -0.2) is 43.3 Å². The van der Waals surface area contributed by atoms with Crippen LogP contribution in [0.25, 0.3) is 10.2 Å². The highest BCUT2D eigenvalue weighted by Gasteiger charge is 2.38. The van der Waals surface area contributed by atoms with Crippen molar-refractivity contribution in [2.24, 2.45) is 0 Å². The zero-order chi connectivity index (χ0) is 19.7. The Kier molecular flexibility index (Phi) is 5.37. The molecule has 0 aliphatic carbocycles. The van der Waals surface area contributed by atoms with Gasteiger partial charge >= 0.3 is 0 Å². The Balaban J connectivity index is 1.57. The molecule has 0 radical (unpaired) electrons. The van der Waals surface area contributed by atoms with Crippen LogP contribution < -0.4 is 10.1 Å². The van der Waals surface area contributed by atoms with Crippen molar-refractivity contribution in [3.8, 4) is 5.75 Å². The largest absolute Gasteiger partial charge is 0.497 e. The summed E-state index contributed by atoms with van der Waals surface area (Å²) in [5, 5.41) is 4.99. The number of hydrogen-bond acceptors (Lipinski definition) is 7. The van der Waals surface area contributed by atoms with Crippen LogP contribution in [0.4, 0.5) is 5.13 Å². The average Bonchev–Trinajstić information content (AvgIpc) is 3.37. The summed E-state index contributed by atoms with van der Waals surface area (Å²) in [5.74, 6) is 0.375. The molecular weight excluding hydrogens is 418 g/mol. The zero-order valence-corrected chi connectivity index (χ0v) is 17.6. The Bertz CT molecular complexity index is 1090. The third-order valence-corrected chi connectivity index (χ3v) is 8.85. The molecule has 0 spiro atoms. The first kappa shape index (κ1) is 19.3. The molecular formula is C18H19N3O4S3. The molecule has 1 saturated heterocycles. The average molecular weight is 438 g/mol. The van der Waals surface area contributed by atoms with E-state index in [-0.39, 0.29) is 10.1 Å². The number of methoxy groups -OCH3 is 1. The van der Waals surface area contributed by atoms with Crippen LogP contribution in [0, 0.1) is 0 Å². The van der Waals surface area contributed by atoms with Gasteiger partial charge in [-0.3, -0.25) is 4.79 Å². The molecule has 3 aromatic rings. The van der Waals surface area contributed by atoms with Gasteiger partial charge in [0.15, 0.2) is 5.13 Å². The van der Waals surface area contributed by atoms with E-state index in [0.717, 1.165) is 40.1 Å². The highest BCUT2D eigenvalue weighted by molar-refractivity contribution is 7.91. The number of aromatic nitrogens is 1. The predicted octanol–water partition coefficient (Wildman–Crippen LogP) is 3.55. The highest BCUT2D eigenvalue weighted by Crippen LogP contribution is 2.31. The molecule has 1 atom stereocenters. The molecule has 1 amide bonds. The second-order valence-electron chi connectivity index (χ2n) is 6.40. The minimum absolute atomic E-state index is 0.263. The molecule has 148 valence electrons. The summed E-state index contributed by atoms with van der Waals surface area (Å²) in [7, 11) is -2.09. The maximum absolute atomic E-state index is 13.0. The molecule has 3 heterocycles. The molecule has 4 rings (SSSR count). The van der Waals surface area contributed by atoms with Gasteiger partial charge in [-0.15, -0.1) is 11.3 Å². The lowest BCUT2D eigenvalue weighted by molar-refractivity contribution is -0.120. The number of hydrogen-bond donors (Lipinski definition) is 1. The Labute approximate surface area is 171 Å². The molecule has 0 unspecified atom stereocenters. The minimum atomic E-state index is -3.68. The van der Waals surface area contributed by atoms with E-state index in [1.165, 1.54) is 15.6 Å². The molecule has 10 heteroatoms. The predicted molar refractivity (Wildman–Crippen MR) is 111 cm³/mol. The number of benzene rings is 1. The normalized spacial score (nSPS) is 18.2. The smallest absolute Gasteiger partial charge is 0.253 e. The van der Waals surface area contributed by atoms with Crippen molar-refractivity contribution in [3.05, 3.63) is 35.7 Å². The Morgan fingerprint density at radius 2 is 2.18 bits per heavy atom.